The number of hydrogen-bond donors (Lipinski definition) is 0. The molecular weight excluding hydrogens is 246 g/mol. The predicted octanol–water partition coefficient (Wildman–Crippen LogP) is 3.64. The maximum Gasteiger partial charge on any atom is 0.255 e. The maximum absolute atomic E-state index is 12.1. The molecule has 0 aliphatic carbocycles. The molecule has 0 atom stereocenters. The molecule has 2 aromatic carbocycles. The van der Waals surface area contributed by atoms with Gasteiger partial charge in [-0.1, -0.05) is 41.9 Å². The van der Waals surface area contributed by atoms with Crippen molar-refractivity contribution in [2.24, 2.45) is 0 Å². The van der Waals surface area contributed by atoms with E-state index in [9.17, 15) is 4.79 Å². The minimum absolute atomic E-state index is 0.0817. The molecule has 88 valence electrons. The smallest absolute Gasteiger partial charge is 0.255 e. The number of benzene rings is 2. The van der Waals surface area contributed by atoms with E-state index in [2.05, 4.69) is 0 Å². The van der Waals surface area contributed by atoms with E-state index >= 15 is 0 Å². The molecule has 0 aliphatic heterocycles. The van der Waals surface area contributed by atoms with Gasteiger partial charge in [0.1, 0.15) is 0 Å². The molecule has 0 radical (unpaired) electrons. The molecule has 3 rings (SSSR count). The van der Waals surface area contributed by atoms with Crippen LogP contribution in [-0.2, 0) is 0 Å². The van der Waals surface area contributed by atoms with E-state index in [1.807, 2.05) is 48.5 Å². The van der Waals surface area contributed by atoms with Gasteiger partial charge >= 0.3 is 0 Å². The molecule has 2 nitrogen and oxygen atoms in total. The van der Waals surface area contributed by atoms with Gasteiger partial charge in [0.25, 0.3) is 5.56 Å². The number of nitrogens with zero attached hydrogens (tertiary/aromatic N) is 1. The van der Waals surface area contributed by atoms with Crippen molar-refractivity contribution in [2.45, 2.75) is 0 Å². The molecule has 0 spiro atoms. The van der Waals surface area contributed by atoms with Gasteiger partial charge in [-0.3, -0.25) is 9.36 Å². The highest BCUT2D eigenvalue weighted by Gasteiger charge is 2.07. The van der Waals surface area contributed by atoms with Crippen LogP contribution in [0.5, 0.6) is 0 Å². The first-order valence-electron chi connectivity index (χ1n) is 5.63. The monoisotopic (exact) mass is 255 g/mol. The quantitative estimate of drug-likeness (QED) is 0.651. The molecule has 0 N–H and O–H groups in total. The van der Waals surface area contributed by atoms with Crippen LogP contribution in [0.25, 0.3) is 16.6 Å². The molecule has 0 saturated carbocycles. The number of pyridine rings is 1. The summed E-state index contributed by atoms with van der Waals surface area (Å²) in [7, 11) is 0. The van der Waals surface area contributed by atoms with Crippen molar-refractivity contribution in [1.82, 2.24) is 4.57 Å². The molecule has 1 aromatic heterocycles. The van der Waals surface area contributed by atoms with Crippen LogP contribution < -0.4 is 5.56 Å². The van der Waals surface area contributed by atoms with Crippen molar-refractivity contribution < 1.29 is 0 Å². The lowest BCUT2D eigenvalue weighted by Crippen LogP contribution is -2.17. The molecular formula is C15H10ClNO. The Kier molecular flexibility index (Phi) is 2.65. The van der Waals surface area contributed by atoms with Gasteiger partial charge in [0.2, 0.25) is 0 Å². The standard InChI is InChI=1S/C15H10ClNO/c16-12-6-2-4-8-14(12)17-13-7-3-1-5-11(13)9-10-15(17)18/h1-10H. The maximum atomic E-state index is 12.1. The Morgan fingerprint density at radius 3 is 2.39 bits per heavy atom. The van der Waals surface area contributed by atoms with Crippen LogP contribution in [0.15, 0.2) is 65.5 Å². The van der Waals surface area contributed by atoms with Gasteiger partial charge in [-0.25, -0.2) is 0 Å². The first kappa shape index (κ1) is 11.1. The van der Waals surface area contributed by atoms with E-state index in [0.717, 1.165) is 10.9 Å². The Bertz CT molecular complexity index is 777. The number of fused-ring (bicyclic) bond motifs is 1. The summed E-state index contributed by atoms with van der Waals surface area (Å²) in [6, 6.07) is 18.5. The average molecular weight is 256 g/mol. The van der Waals surface area contributed by atoms with E-state index in [1.54, 1.807) is 16.7 Å². The van der Waals surface area contributed by atoms with E-state index in [0.29, 0.717) is 10.7 Å². The largest absolute Gasteiger partial charge is 0.275 e. The number of hydrogen-bond acceptors (Lipinski definition) is 1. The lowest BCUT2D eigenvalue weighted by atomic mass is 10.2. The highest BCUT2D eigenvalue weighted by atomic mass is 35.5. The van der Waals surface area contributed by atoms with Crippen LogP contribution in [0, 0.1) is 0 Å². The summed E-state index contributed by atoms with van der Waals surface area (Å²) >= 11 is 6.17. The highest BCUT2D eigenvalue weighted by Crippen LogP contribution is 2.22. The summed E-state index contributed by atoms with van der Waals surface area (Å²) in [5.41, 5.74) is 1.49. The first-order chi connectivity index (χ1) is 8.77. The molecule has 3 aromatic rings. The van der Waals surface area contributed by atoms with Crippen molar-refractivity contribution >= 4 is 22.5 Å². The van der Waals surface area contributed by atoms with Crippen LogP contribution in [0.3, 0.4) is 0 Å². The zero-order valence-electron chi connectivity index (χ0n) is 9.51. The van der Waals surface area contributed by atoms with E-state index in [-0.39, 0.29) is 5.56 Å². The fraction of sp³-hybridized carbons (Fsp3) is 0. The van der Waals surface area contributed by atoms with Gasteiger partial charge in [-0.05, 0) is 29.7 Å². The molecule has 18 heavy (non-hydrogen) atoms. The van der Waals surface area contributed by atoms with Crippen LogP contribution in [0.1, 0.15) is 0 Å². The molecule has 0 saturated heterocycles. The second kappa shape index (κ2) is 4.31. The number of halogens is 1. The van der Waals surface area contributed by atoms with E-state index < -0.39 is 0 Å². The number of rotatable bonds is 1. The fourth-order valence-electron chi connectivity index (χ4n) is 2.07. The lowest BCUT2D eigenvalue weighted by Gasteiger charge is -2.11. The summed E-state index contributed by atoms with van der Waals surface area (Å²) in [4.78, 5) is 12.1. The fourth-order valence-corrected chi connectivity index (χ4v) is 2.29. The lowest BCUT2D eigenvalue weighted by molar-refractivity contribution is 1.04. The van der Waals surface area contributed by atoms with Crippen molar-refractivity contribution in [2.75, 3.05) is 0 Å². The van der Waals surface area contributed by atoms with Crippen LogP contribution in [0.4, 0.5) is 0 Å². The van der Waals surface area contributed by atoms with Crippen molar-refractivity contribution in [1.29, 1.82) is 0 Å². The average Bonchev–Trinajstić information content (AvgIpc) is 2.40. The zero-order chi connectivity index (χ0) is 12.5. The SMILES string of the molecule is O=c1ccc2ccccc2n1-c1ccccc1Cl. The Balaban J connectivity index is 2.46. The Morgan fingerprint density at radius 1 is 0.833 bits per heavy atom. The topological polar surface area (TPSA) is 22.0 Å². The van der Waals surface area contributed by atoms with Gasteiger partial charge in [-0.15, -0.1) is 0 Å². The minimum atomic E-state index is -0.0817. The Morgan fingerprint density at radius 2 is 1.56 bits per heavy atom. The Labute approximate surface area is 109 Å². The van der Waals surface area contributed by atoms with Gasteiger partial charge in [0.15, 0.2) is 0 Å². The summed E-state index contributed by atoms with van der Waals surface area (Å²) in [5.74, 6) is 0. The van der Waals surface area contributed by atoms with Gasteiger partial charge < -0.3 is 0 Å². The third-order valence-electron chi connectivity index (χ3n) is 2.90. The predicted molar refractivity (Wildman–Crippen MR) is 74.6 cm³/mol. The summed E-state index contributed by atoms with van der Waals surface area (Å²) in [6.45, 7) is 0. The number of aromatic nitrogens is 1. The molecule has 1 heterocycles. The van der Waals surface area contributed by atoms with Gasteiger partial charge in [-0.2, -0.15) is 0 Å². The number of para-hydroxylation sites is 2. The molecule has 3 heteroatoms. The zero-order valence-corrected chi connectivity index (χ0v) is 10.3. The van der Waals surface area contributed by atoms with Crippen LogP contribution in [0.2, 0.25) is 5.02 Å². The third kappa shape index (κ3) is 1.71. The third-order valence-corrected chi connectivity index (χ3v) is 3.22. The van der Waals surface area contributed by atoms with Gasteiger partial charge in [0.05, 0.1) is 16.2 Å². The van der Waals surface area contributed by atoms with Crippen molar-refractivity contribution in [3.05, 3.63) is 76.0 Å². The summed E-state index contributed by atoms with van der Waals surface area (Å²) in [5, 5.41) is 1.58. The molecule has 0 amide bonds. The van der Waals surface area contributed by atoms with Crippen LogP contribution >= 0.6 is 11.6 Å². The summed E-state index contributed by atoms with van der Waals surface area (Å²) < 4.78 is 1.64. The van der Waals surface area contributed by atoms with Crippen molar-refractivity contribution in [3.8, 4) is 5.69 Å². The molecule has 0 fully saturated rings. The van der Waals surface area contributed by atoms with Gasteiger partial charge in [0, 0.05) is 6.07 Å². The van der Waals surface area contributed by atoms with Crippen molar-refractivity contribution in [3.63, 3.8) is 0 Å². The molecule has 0 aliphatic rings. The molecule has 0 unspecified atom stereocenters. The Hall–Kier alpha value is -2.06. The molecule has 0 bridgehead atoms. The second-order valence-electron chi connectivity index (χ2n) is 4.02. The van der Waals surface area contributed by atoms with E-state index in [4.69, 9.17) is 11.6 Å². The minimum Gasteiger partial charge on any atom is -0.275 e. The second-order valence-corrected chi connectivity index (χ2v) is 4.42. The normalized spacial score (nSPS) is 10.7. The summed E-state index contributed by atoms with van der Waals surface area (Å²) in [6.07, 6.45) is 0. The van der Waals surface area contributed by atoms with E-state index in [1.165, 1.54) is 0 Å². The first-order valence-corrected chi connectivity index (χ1v) is 6.01. The van der Waals surface area contributed by atoms with Crippen LogP contribution in [-0.4, -0.2) is 4.57 Å². The highest BCUT2D eigenvalue weighted by molar-refractivity contribution is 6.32.